The minimum Gasteiger partial charge on any atom is -0.494 e. The molecule has 0 radical (unpaired) electrons. The maximum absolute atomic E-state index is 12.9. The highest BCUT2D eigenvalue weighted by atomic mass is 16.5. The fourth-order valence-electron chi connectivity index (χ4n) is 2.44. The van der Waals surface area contributed by atoms with Crippen LogP contribution >= 0.6 is 0 Å². The first-order valence-corrected chi connectivity index (χ1v) is 8.76. The van der Waals surface area contributed by atoms with Gasteiger partial charge in [-0.15, -0.1) is 0 Å². The second-order valence-electron chi connectivity index (χ2n) is 5.64. The van der Waals surface area contributed by atoms with Crippen LogP contribution in [0.25, 0.3) is 0 Å². The summed E-state index contributed by atoms with van der Waals surface area (Å²) in [5.74, 6) is 0.697. The summed E-state index contributed by atoms with van der Waals surface area (Å²) in [6.45, 7) is 5.46. The van der Waals surface area contributed by atoms with Gasteiger partial charge in [-0.05, 0) is 31.2 Å². The summed E-state index contributed by atoms with van der Waals surface area (Å²) in [5, 5.41) is 8.92. The smallest absolute Gasteiger partial charge is 0.241 e. The summed E-state index contributed by atoms with van der Waals surface area (Å²) in [4.78, 5) is 16.5. The number of anilines is 1. The van der Waals surface area contributed by atoms with Gasteiger partial charge in [0.25, 0.3) is 0 Å². The van der Waals surface area contributed by atoms with Crippen molar-refractivity contribution in [2.75, 3.05) is 65.1 Å². The van der Waals surface area contributed by atoms with E-state index < -0.39 is 0 Å². The minimum atomic E-state index is -0.0587. The molecule has 0 atom stereocenters. The third-order valence-corrected chi connectivity index (χ3v) is 3.79. The normalized spacial score (nSPS) is 10.6. The minimum absolute atomic E-state index is 0.0587. The Kier molecular flexibility index (Phi) is 11.0. The van der Waals surface area contributed by atoms with Gasteiger partial charge in [0.2, 0.25) is 5.91 Å². The predicted octanol–water partition coefficient (Wildman–Crippen LogP) is 1.93. The van der Waals surface area contributed by atoms with E-state index in [2.05, 4.69) is 6.07 Å². The monoisotopic (exact) mass is 363 g/mol. The maximum Gasteiger partial charge on any atom is 0.241 e. The van der Waals surface area contributed by atoms with E-state index in [1.807, 2.05) is 36.1 Å². The number of benzene rings is 1. The number of methoxy groups -OCH3 is 2. The Labute approximate surface area is 156 Å². The summed E-state index contributed by atoms with van der Waals surface area (Å²) < 4.78 is 15.7. The lowest BCUT2D eigenvalue weighted by atomic mass is 10.2. The molecule has 0 aliphatic carbocycles. The van der Waals surface area contributed by atoms with Gasteiger partial charge in [0, 0.05) is 39.5 Å². The Morgan fingerprint density at radius 3 is 2.19 bits per heavy atom. The van der Waals surface area contributed by atoms with E-state index in [1.165, 1.54) is 0 Å². The van der Waals surface area contributed by atoms with Crippen LogP contribution in [0.4, 0.5) is 5.69 Å². The molecule has 0 unspecified atom stereocenters. The number of nitrogens with zero attached hydrogens (tertiary/aromatic N) is 3. The van der Waals surface area contributed by atoms with Gasteiger partial charge in [0.15, 0.2) is 0 Å². The van der Waals surface area contributed by atoms with Crippen LogP contribution in [0.2, 0.25) is 0 Å². The van der Waals surface area contributed by atoms with E-state index in [1.54, 1.807) is 19.1 Å². The summed E-state index contributed by atoms with van der Waals surface area (Å²) in [5.41, 5.74) is 0.757. The van der Waals surface area contributed by atoms with Crippen molar-refractivity contribution in [3.05, 3.63) is 24.3 Å². The van der Waals surface area contributed by atoms with Gasteiger partial charge in [-0.2, -0.15) is 5.26 Å². The second kappa shape index (κ2) is 13.1. The van der Waals surface area contributed by atoms with Crippen molar-refractivity contribution in [1.82, 2.24) is 4.90 Å². The van der Waals surface area contributed by atoms with Crippen LogP contribution < -0.4 is 9.64 Å². The standard InChI is InChI=1S/C19H29N3O4/c1-4-26-18-8-6-17(7-9-18)22(11-5-10-20)19(23)16-21(12-14-24-2)13-15-25-3/h6-9H,4-5,11-16H2,1-3H3. The van der Waals surface area contributed by atoms with Crippen LogP contribution in [0, 0.1) is 11.3 Å². The van der Waals surface area contributed by atoms with Crippen LogP contribution in [0.1, 0.15) is 13.3 Å². The van der Waals surface area contributed by atoms with Crippen molar-refractivity contribution < 1.29 is 19.0 Å². The summed E-state index contributed by atoms with van der Waals surface area (Å²) in [7, 11) is 3.27. The largest absolute Gasteiger partial charge is 0.494 e. The highest BCUT2D eigenvalue weighted by molar-refractivity contribution is 5.94. The molecule has 1 amide bonds. The average molecular weight is 363 g/mol. The maximum atomic E-state index is 12.9. The third-order valence-electron chi connectivity index (χ3n) is 3.79. The molecular weight excluding hydrogens is 334 g/mol. The zero-order valence-electron chi connectivity index (χ0n) is 15.9. The number of rotatable bonds is 13. The summed E-state index contributed by atoms with van der Waals surface area (Å²) >= 11 is 0. The van der Waals surface area contributed by atoms with Crippen molar-refractivity contribution in [2.24, 2.45) is 0 Å². The number of carbonyl (C=O) groups excluding carboxylic acids is 1. The van der Waals surface area contributed by atoms with E-state index in [0.717, 1.165) is 11.4 Å². The van der Waals surface area contributed by atoms with Gasteiger partial charge in [-0.1, -0.05) is 0 Å². The molecule has 0 saturated heterocycles. The average Bonchev–Trinajstić information content (AvgIpc) is 2.65. The molecule has 0 spiro atoms. The molecule has 7 nitrogen and oxygen atoms in total. The quantitative estimate of drug-likeness (QED) is 0.533. The van der Waals surface area contributed by atoms with E-state index >= 15 is 0 Å². The highest BCUT2D eigenvalue weighted by Crippen LogP contribution is 2.20. The molecule has 7 heteroatoms. The lowest BCUT2D eigenvalue weighted by Gasteiger charge is -2.27. The van der Waals surface area contributed by atoms with Gasteiger partial charge < -0.3 is 19.1 Å². The fraction of sp³-hybridized carbons (Fsp3) is 0.579. The number of ether oxygens (including phenoxy) is 3. The van der Waals surface area contributed by atoms with Gasteiger partial charge in [0.1, 0.15) is 5.75 Å². The fourth-order valence-corrected chi connectivity index (χ4v) is 2.44. The Morgan fingerprint density at radius 1 is 1.08 bits per heavy atom. The van der Waals surface area contributed by atoms with E-state index in [0.29, 0.717) is 39.5 Å². The van der Waals surface area contributed by atoms with E-state index in [4.69, 9.17) is 19.5 Å². The molecule has 26 heavy (non-hydrogen) atoms. The Balaban J connectivity index is 2.84. The summed E-state index contributed by atoms with van der Waals surface area (Å²) in [6, 6.07) is 9.45. The van der Waals surface area contributed by atoms with Crippen LogP contribution in [0.3, 0.4) is 0 Å². The molecule has 0 fully saturated rings. The van der Waals surface area contributed by atoms with Crippen molar-refractivity contribution in [3.63, 3.8) is 0 Å². The zero-order valence-corrected chi connectivity index (χ0v) is 15.9. The second-order valence-corrected chi connectivity index (χ2v) is 5.64. The number of nitriles is 1. The van der Waals surface area contributed by atoms with Gasteiger partial charge >= 0.3 is 0 Å². The molecule has 1 aromatic rings. The molecule has 1 aromatic carbocycles. The molecule has 0 bridgehead atoms. The van der Waals surface area contributed by atoms with Crippen molar-refractivity contribution >= 4 is 11.6 Å². The summed E-state index contributed by atoms with van der Waals surface area (Å²) in [6.07, 6.45) is 0.273. The molecular formula is C19H29N3O4. The predicted molar refractivity (Wildman–Crippen MR) is 100 cm³/mol. The van der Waals surface area contributed by atoms with E-state index in [-0.39, 0.29) is 18.9 Å². The van der Waals surface area contributed by atoms with Crippen LogP contribution in [-0.4, -0.2) is 71.0 Å². The number of hydrogen-bond acceptors (Lipinski definition) is 6. The Bertz CT molecular complexity index is 549. The zero-order chi connectivity index (χ0) is 19.2. The molecule has 1 rings (SSSR count). The van der Waals surface area contributed by atoms with Crippen molar-refractivity contribution in [1.29, 1.82) is 5.26 Å². The number of carbonyl (C=O) groups is 1. The van der Waals surface area contributed by atoms with Gasteiger partial charge in [0.05, 0.1) is 38.9 Å². The molecule has 0 aromatic heterocycles. The molecule has 0 saturated carbocycles. The van der Waals surface area contributed by atoms with Crippen LogP contribution in [0.5, 0.6) is 5.75 Å². The van der Waals surface area contributed by atoms with Gasteiger partial charge in [-0.3, -0.25) is 9.69 Å². The Hall–Kier alpha value is -2.14. The lowest BCUT2D eigenvalue weighted by Crippen LogP contribution is -2.43. The Morgan fingerprint density at radius 2 is 1.69 bits per heavy atom. The van der Waals surface area contributed by atoms with E-state index in [9.17, 15) is 4.79 Å². The highest BCUT2D eigenvalue weighted by Gasteiger charge is 2.19. The molecule has 144 valence electrons. The van der Waals surface area contributed by atoms with Crippen LogP contribution in [0.15, 0.2) is 24.3 Å². The molecule has 0 aliphatic rings. The SMILES string of the molecule is CCOc1ccc(N(CCC#N)C(=O)CN(CCOC)CCOC)cc1. The first-order chi connectivity index (χ1) is 12.7. The number of amides is 1. The third kappa shape index (κ3) is 7.83. The van der Waals surface area contributed by atoms with Crippen LogP contribution in [-0.2, 0) is 14.3 Å². The van der Waals surface area contributed by atoms with Crippen molar-refractivity contribution in [2.45, 2.75) is 13.3 Å². The number of hydrogen-bond donors (Lipinski definition) is 0. The lowest BCUT2D eigenvalue weighted by molar-refractivity contribution is -0.120. The topological polar surface area (TPSA) is 75.0 Å². The first kappa shape index (κ1) is 21.9. The molecule has 0 aliphatic heterocycles. The van der Waals surface area contributed by atoms with Crippen molar-refractivity contribution in [3.8, 4) is 11.8 Å². The van der Waals surface area contributed by atoms with Gasteiger partial charge in [-0.25, -0.2) is 0 Å². The molecule has 0 N–H and O–H groups in total. The molecule has 0 heterocycles. The first-order valence-electron chi connectivity index (χ1n) is 8.76.